The van der Waals surface area contributed by atoms with Crippen molar-refractivity contribution in [2.75, 3.05) is 13.0 Å². The van der Waals surface area contributed by atoms with E-state index in [9.17, 15) is 4.79 Å². The quantitative estimate of drug-likeness (QED) is 0.145. The van der Waals surface area contributed by atoms with Crippen LogP contribution in [0.5, 0.6) is 0 Å². The van der Waals surface area contributed by atoms with Crippen molar-refractivity contribution in [2.24, 2.45) is 0 Å². The van der Waals surface area contributed by atoms with E-state index < -0.39 is 0 Å². The molecule has 0 fully saturated rings. The molecule has 0 aliphatic heterocycles. The number of hydrogen-bond acceptors (Lipinski definition) is 2. The van der Waals surface area contributed by atoms with Crippen LogP contribution in [0.15, 0.2) is 48.6 Å². The Balaban J connectivity index is 3.41. The van der Waals surface area contributed by atoms with Gasteiger partial charge in [0.15, 0.2) is 0 Å². The van der Waals surface area contributed by atoms with Gasteiger partial charge in [0.1, 0.15) is 0 Å². The first-order valence-corrected chi connectivity index (χ1v) is 9.57. The number of rotatable bonds is 15. The van der Waals surface area contributed by atoms with E-state index in [0.29, 0.717) is 6.42 Å². The highest BCUT2D eigenvalue weighted by atomic mass is 35.5. The summed E-state index contributed by atoms with van der Waals surface area (Å²) >= 11 is 5.64. The summed E-state index contributed by atoms with van der Waals surface area (Å²) in [5.41, 5.74) is 0. The highest BCUT2D eigenvalue weighted by molar-refractivity contribution is 6.17. The molecule has 136 valence electrons. The van der Waals surface area contributed by atoms with Gasteiger partial charge in [0.05, 0.1) is 7.11 Å². The van der Waals surface area contributed by atoms with E-state index in [4.69, 9.17) is 11.6 Å². The number of carbonyl (C=O) groups is 1. The van der Waals surface area contributed by atoms with Gasteiger partial charge in [0.25, 0.3) is 0 Å². The molecule has 0 radical (unpaired) electrons. The minimum Gasteiger partial charge on any atom is -0.469 e. The summed E-state index contributed by atoms with van der Waals surface area (Å²) in [6, 6.07) is 0. The van der Waals surface area contributed by atoms with Gasteiger partial charge in [-0.1, -0.05) is 55.0 Å². The zero-order valence-corrected chi connectivity index (χ0v) is 15.8. The molecule has 0 saturated carbocycles. The van der Waals surface area contributed by atoms with Crippen molar-refractivity contribution in [1.29, 1.82) is 0 Å². The predicted octanol–water partition coefficient (Wildman–Crippen LogP) is 6.52. The number of esters is 1. The van der Waals surface area contributed by atoms with E-state index in [-0.39, 0.29) is 5.97 Å². The molecule has 0 rings (SSSR count). The number of halogens is 1. The summed E-state index contributed by atoms with van der Waals surface area (Å²) in [4.78, 5) is 10.9. The van der Waals surface area contributed by atoms with E-state index in [1.807, 2.05) is 0 Å². The molecule has 0 bridgehead atoms. The average Bonchev–Trinajstić information content (AvgIpc) is 2.60. The SMILES string of the molecule is COC(=O)CCC/C=C\C/C=C\C/C=C\C/C=C\CCCCCCl. The molecule has 0 aromatic rings. The number of ether oxygens (including phenoxy) is 1. The van der Waals surface area contributed by atoms with Crippen LogP contribution in [-0.4, -0.2) is 19.0 Å². The zero-order chi connectivity index (χ0) is 17.7. The second-order valence-corrected chi connectivity index (χ2v) is 5.98. The minimum atomic E-state index is -0.128. The van der Waals surface area contributed by atoms with E-state index >= 15 is 0 Å². The van der Waals surface area contributed by atoms with E-state index in [2.05, 4.69) is 53.3 Å². The lowest BCUT2D eigenvalue weighted by atomic mass is 10.2. The second kappa shape index (κ2) is 19.8. The van der Waals surface area contributed by atoms with Crippen molar-refractivity contribution in [3.05, 3.63) is 48.6 Å². The van der Waals surface area contributed by atoms with Crippen LogP contribution >= 0.6 is 11.6 Å². The Kier molecular flexibility index (Phi) is 18.7. The first-order chi connectivity index (χ1) is 11.8. The van der Waals surface area contributed by atoms with Gasteiger partial charge in [0.2, 0.25) is 0 Å². The number of unbranched alkanes of at least 4 members (excludes halogenated alkanes) is 4. The summed E-state index contributed by atoms with van der Waals surface area (Å²) in [5, 5.41) is 0. The lowest BCUT2D eigenvalue weighted by Gasteiger charge is -1.95. The van der Waals surface area contributed by atoms with Crippen molar-refractivity contribution in [2.45, 2.75) is 64.2 Å². The van der Waals surface area contributed by atoms with E-state index in [0.717, 1.165) is 50.8 Å². The van der Waals surface area contributed by atoms with E-state index in [1.165, 1.54) is 20.0 Å². The summed E-state index contributed by atoms with van der Waals surface area (Å²) in [6.07, 6.45) is 27.6. The molecule has 0 aliphatic rings. The van der Waals surface area contributed by atoms with Crippen molar-refractivity contribution in [3.8, 4) is 0 Å². The molecule has 0 N–H and O–H groups in total. The molecular weight excluding hydrogens is 320 g/mol. The van der Waals surface area contributed by atoms with Crippen molar-refractivity contribution < 1.29 is 9.53 Å². The molecule has 0 saturated heterocycles. The highest BCUT2D eigenvalue weighted by Crippen LogP contribution is 2.03. The Bertz CT molecular complexity index is 395. The fourth-order valence-electron chi connectivity index (χ4n) is 2.05. The van der Waals surface area contributed by atoms with Crippen LogP contribution in [0.3, 0.4) is 0 Å². The number of alkyl halides is 1. The molecular formula is C21H33ClO2. The Morgan fingerprint density at radius 2 is 1.25 bits per heavy atom. The minimum absolute atomic E-state index is 0.128. The molecule has 0 unspecified atom stereocenters. The molecule has 0 atom stereocenters. The Labute approximate surface area is 153 Å². The Morgan fingerprint density at radius 1 is 0.750 bits per heavy atom. The van der Waals surface area contributed by atoms with Crippen LogP contribution in [0.1, 0.15) is 64.2 Å². The van der Waals surface area contributed by atoms with Gasteiger partial charge in [-0.2, -0.15) is 0 Å². The summed E-state index contributed by atoms with van der Waals surface area (Å²) in [6.45, 7) is 0. The topological polar surface area (TPSA) is 26.3 Å². The smallest absolute Gasteiger partial charge is 0.305 e. The maximum Gasteiger partial charge on any atom is 0.305 e. The number of allylic oxidation sites excluding steroid dienone is 8. The summed E-state index contributed by atoms with van der Waals surface area (Å²) in [7, 11) is 1.43. The van der Waals surface area contributed by atoms with Gasteiger partial charge in [-0.25, -0.2) is 0 Å². The molecule has 3 heteroatoms. The first-order valence-electron chi connectivity index (χ1n) is 9.04. The second-order valence-electron chi connectivity index (χ2n) is 5.60. The molecule has 0 aliphatic carbocycles. The maximum atomic E-state index is 10.9. The molecule has 0 amide bonds. The van der Waals surface area contributed by atoms with Gasteiger partial charge in [-0.15, -0.1) is 11.6 Å². The monoisotopic (exact) mass is 352 g/mol. The van der Waals surface area contributed by atoms with Gasteiger partial charge in [-0.3, -0.25) is 4.79 Å². The number of hydrogen-bond donors (Lipinski definition) is 0. The van der Waals surface area contributed by atoms with Crippen LogP contribution < -0.4 is 0 Å². The number of carbonyl (C=O) groups excluding carboxylic acids is 1. The van der Waals surface area contributed by atoms with Crippen molar-refractivity contribution in [3.63, 3.8) is 0 Å². The summed E-state index contributed by atoms with van der Waals surface area (Å²) in [5.74, 6) is 0.654. The molecule has 0 spiro atoms. The first kappa shape index (κ1) is 22.7. The third-order valence-electron chi connectivity index (χ3n) is 3.47. The average molecular weight is 353 g/mol. The molecule has 24 heavy (non-hydrogen) atoms. The Hall–Kier alpha value is -1.28. The van der Waals surface area contributed by atoms with Crippen molar-refractivity contribution >= 4 is 17.6 Å². The third kappa shape index (κ3) is 18.8. The highest BCUT2D eigenvalue weighted by Gasteiger charge is 1.96. The van der Waals surface area contributed by atoms with Crippen LogP contribution in [0, 0.1) is 0 Å². The maximum absolute atomic E-state index is 10.9. The van der Waals surface area contributed by atoms with Crippen molar-refractivity contribution in [1.82, 2.24) is 0 Å². The molecule has 0 aromatic carbocycles. The predicted molar refractivity (Wildman–Crippen MR) is 105 cm³/mol. The van der Waals surface area contributed by atoms with Crippen LogP contribution in [0.4, 0.5) is 0 Å². The Morgan fingerprint density at radius 3 is 1.75 bits per heavy atom. The lowest BCUT2D eigenvalue weighted by Crippen LogP contribution is -1.98. The standard InChI is InChI=1S/C21H33ClO2/c1-24-21(23)19-17-15-13-11-9-7-5-3-2-4-6-8-10-12-14-16-18-20-22/h2,4-5,7-8,10-11,13H,3,6,9,12,14-20H2,1H3/b4-2-,7-5-,10-8-,13-11-. The third-order valence-corrected chi connectivity index (χ3v) is 3.73. The molecule has 0 heterocycles. The normalized spacial score (nSPS) is 12.2. The van der Waals surface area contributed by atoms with Gasteiger partial charge in [-0.05, 0) is 51.4 Å². The van der Waals surface area contributed by atoms with Crippen LogP contribution in [0.2, 0.25) is 0 Å². The van der Waals surface area contributed by atoms with E-state index in [1.54, 1.807) is 0 Å². The summed E-state index contributed by atoms with van der Waals surface area (Å²) < 4.78 is 4.59. The fraction of sp³-hybridized carbons (Fsp3) is 0.571. The molecule has 0 aromatic heterocycles. The molecule has 2 nitrogen and oxygen atoms in total. The van der Waals surface area contributed by atoms with Gasteiger partial charge < -0.3 is 4.74 Å². The van der Waals surface area contributed by atoms with Gasteiger partial charge in [0, 0.05) is 12.3 Å². The van der Waals surface area contributed by atoms with Crippen LogP contribution in [-0.2, 0) is 9.53 Å². The van der Waals surface area contributed by atoms with Gasteiger partial charge >= 0.3 is 5.97 Å². The lowest BCUT2D eigenvalue weighted by molar-refractivity contribution is -0.140. The fourth-order valence-corrected chi connectivity index (χ4v) is 2.24. The largest absolute Gasteiger partial charge is 0.469 e. The number of methoxy groups -OCH3 is 1. The zero-order valence-electron chi connectivity index (χ0n) is 15.1. The van der Waals surface area contributed by atoms with Crippen LogP contribution in [0.25, 0.3) is 0 Å².